The number of hydrogen-bond acceptors (Lipinski definition) is 5. The van der Waals surface area contributed by atoms with E-state index in [0.29, 0.717) is 0 Å². The van der Waals surface area contributed by atoms with Crippen molar-refractivity contribution < 1.29 is 14.3 Å². The Morgan fingerprint density at radius 3 is 2.89 bits per heavy atom. The number of nitrogens with zero attached hydrogens (tertiary/aromatic N) is 3. The first-order chi connectivity index (χ1) is 9.10. The minimum atomic E-state index is -0.619. The minimum absolute atomic E-state index is 0.0151. The molecule has 0 saturated carbocycles. The maximum Gasteiger partial charge on any atom is 0.322 e. The van der Waals surface area contributed by atoms with Crippen molar-refractivity contribution in [2.45, 2.75) is 0 Å². The number of rotatable bonds is 3. The maximum atomic E-state index is 13.2. The molecule has 0 aliphatic rings. The molecule has 98 valence electrons. The normalized spacial score (nSPS) is 11.4. The largest absolute Gasteiger partial charge is 0.424 e. The molecular weight excluding hydrogens is 275 g/mol. The Morgan fingerprint density at radius 1 is 1.42 bits per heavy atom. The summed E-state index contributed by atoms with van der Waals surface area (Å²) in [6, 6.07) is 5.28. The topological polar surface area (TPSA) is 93.6 Å². The monoisotopic (exact) mass is 282 g/mol. The highest BCUT2D eigenvalue weighted by Gasteiger charge is 2.07. The van der Waals surface area contributed by atoms with Crippen LogP contribution in [0.5, 0.6) is 11.8 Å². The van der Waals surface area contributed by atoms with Gasteiger partial charge in [0, 0.05) is 12.3 Å². The zero-order valence-corrected chi connectivity index (χ0v) is 10.2. The van der Waals surface area contributed by atoms with E-state index >= 15 is 0 Å². The first kappa shape index (κ1) is 13.0. The Morgan fingerprint density at radius 2 is 2.21 bits per heavy atom. The average molecular weight is 283 g/mol. The molecule has 1 aromatic carbocycles. The van der Waals surface area contributed by atoms with Crippen molar-refractivity contribution in [2.24, 2.45) is 10.9 Å². The number of benzene rings is 1. The van der Waals surface area contributed by atoms with Crippen molar-refractivity contribution in [3.8, 4) is 11.8 Å². The smallest absolute Gasteiger partial charge is 0.322 e. The second-order valence-electron chi connectivity index (χ2n) is 3.39. The minimum Gasteiger partial charge on any atom is -0.424 e. The van der Waals surface area contributed by atoms with E-state index in [9.17, 15) is 4.39 Å². The molecule has 6 nitrogen and oxygen atoms in total. The molecule has 0 aliphatic carbocycles. The van der Waals surface area contributed by atoms with Gasteiger partial charge in [-0.15, -0.1) is 0 Å². The molecule has 0 aliphatic heterocycles. The zero-order valence-electron chi connectivity index (χ0n) is 9.42. The highest BCUT2D eigenvalue weighted by Crippen LogP contribution is 2.23. The summed E-state index contributed by atoms with van der Waals surface area (Å²) in [6.07, 6.45) is 1.36. The predicted octanol–water partition coefficient (Wildman–Crippen LogP) is 2.16. The van der Waals surface area contributed by atoms with Gasteiger partial charge in [0.1, 0.15) is 17.3 Å². The summed E-state index contributed by atoms with van der Waals surface area (Å²) >= 11 is 5.55. The molecule has 0 spiro atoms. The Bertz CT molecular complexity index is 636. The molecule has 0 radical (unpaired) electrons. The summed E-state index contributed by atoms with van der Waals surface area (Å²) in [5.74, 6) is -0.625. The highest BCUT2D eigenvalue weighted by atomic mass is 35.5. The van der Waals surface area contributed by atoms with E-state index in [-0.39, 0.29) is 28.3 Å². The molecule has 0 fully saturated rings. The number of nitrogens with two attached hydrogens (primary N) is 1. The van der Waals surface area contributed by atoms with Crippen molar-refractivity contribution in [3.05, 3.63) is 47.0 Å². The van der Waals surface area contributed by atoms with Crippen LogP contribution in [-0.4, -0.2) is 21.0 Å². The van der Waals surface area contributed by atoms with Crippen molar-refractivity contribution in [3.63, 3.8) is 0 Å². The second kappa shape index (κ2) is 5.49. The fraction of sp³-hybridized carbons (Fsp3) is 0. The summed E-state index contributed by atoms with van der Waals surface area (Å²) in [5.41, 5.74) is 5.56. The lowest BCUT2D eigenvalue weighted by molar-refractivity contribution is 0.318. The quantitative estimate of drug-likeness (QED) is 0.389. The first-order valence-corrected chi connectivity index (χ1v) is 5.42. The molecule has 0 saturated heterocycles. The molecule has 0 unspecified atom stereocenters. The Kier molecular flexibility index (Phi) is 3.76. The number of amidine groups is 1. The summed E-state index contributed by atoms with van der Waals surface area (Å²) in [4.78, 5) is 7.71. The standard InChI is InChI=1S/C11H8ClFN4O2/c12-7-2-1-6(5-8(7)13)19-11-15-4-3-9(16-11)10(14)17-18/h1-5,18H,(H2,14,17). The number of oxime groups is 1. The molecule has 2 rings (SSSR count). The maximum absolute atomic E-state index is 13.2. The van der Waals surface area contributed by atoms with Crippen LogP contribution in [0.2, 0.25) is 5.02 Å². The van der Waals surface area contributed by atoms with Crippen LogP contribution >= 0.6 is 11.6 Å². The molecule has 1 aromatic heterocycles. The van der Waals surface area contributed by atoms with Gasteiger partial charge in [-0.3, -0.25) is 0 Å². The van der Waals surface area contributed by atoms with E-state index in [1.807, 2.05) is 0 Å². The van der Waals surface area contributed by atoms with Crippen LogP contribution in [-0.2, 0) is 0 Å². The molecule has 2 aromatic rings. The summed E-state index contributed by atoms with van der Waals surface area (Å²) in [7, 11) is 0. The zero-order chi connectivity index (χ0) is 13.8. The number of ether oxygens (including phenoxy) is 1. The second-order valence-corrected chi connectivity index (χ2v) is 3.79. The van der Waals surface area contributed by atoms with Crippen molar-refractivity contribution in [2.75, 3.05) is 0 Å². The number of aromatic nitrogens is 2. The van der Waals surface area contributed by atoms with E-state index in [2.05, 4.69) is 15.1 Å². The third-order valence-electron chi connectivity index (χ3n) is 2.10. The summed E-state index contributed by atoms with van der Waals surface area (Å²) < 4.78 is 18.5. The van der Waals surface area contributed by atoms with Gasteiger partial charge < -0.3 is 15.7 Å². The van der Waals surface area contributed by atoms with Crippen molar-refractivity contribution in [1.29, 1.82) is 0 Å². The van der Waals surface area contributed by atoms with E-state index in [0.717, 1.165) is 6.07 Å². The van der Waals surface area contributed by atoms with Crippen LogP contribution < -0.4 is 10.5 Å². The fourth-order valence-corrected chi connectivity index (χ4v) is 1.35. The van der Waals surface area contributed by atoms with Crippen LogP contribution in [0.4, 0.5) is 4.39 Å². The molecule has 0 bridgehead atoms. The van der Waals surface area contributed by atoms with Crippen LogP contribution in [0, 0.1) is 5.82 Å². The van der Waals surface area contributed by atoms with Gasteiger partial charge in [-0.25, -0.2) is 9.37 Å². The molecule has 1 heterocycles. The lowest BCUT2D eigenvalue weighted by atomic mass is 10.3. The lowest BCUT2D eigenvalue weighted by Crippen LogP contribution is -2.15. The summed E-state index contributed by atoms with van der Waals surface area (Å²) in [6.45, 7) is 0. The van der Waals surface area contributed by atoms with Gasteiger partial charge in [0.05, 0.1) is 5.02 Å². The van der Waals surface area contributed by atoms with Gasteiger partial charge in [0.25, 0.3) is 0 Å². The highest BCUT2D eigenvalue weighted by molar-refractivity contribution is 6.30. The average Bonchev–Trinajstić information content (AvgIpc) is 2.42. The Balaban J connectivity index is 2.26. The molecule has 3 N–H and O–H groups in total. The molecule has 0 atom stereocenters. The Labute approximate surface area is 112 Å². The third-order valence-corrected chi connectivity index (χ3v) is 2.41. The lowest BCUT2D eigenvalue weighted by Gasteiger charge is -2.05. The van der Waals surface area contributed by atoms with E-state index in [4.69, 9.17) is 27.3 Å². The van der Waals surface area contributed by atoms with Crippen LogP contribution in [0.1, 0.15) is 5.69 Å². The number of hydrogen-bond donors (Lipinski definition) is 2. The molecule has 19 heavy (non-hydrogen) atoms. The summed E-state index contributed by atoms with van der Waals surface area (Å²) in [5, 5.41) is 11.3. The Hall–Kier alpha value is -2.41. The van der Waals surface area contributed by atoms with Crippen molar-refractivity contribution >= 4 is 17.4 Å². The fourth-order valence-electron chi connectivity index (χ4n) is 1.23. The van der Waals surface area contributed by atoms with Crippen LogP contribution in [0.15, 0.2) is 35.6 Å². The van der Waals surface area contributed by atoms with Crippen LogP contribution in [0.25, 0.3) is 0 Å². The predicted molar refractivity (Wildman–Crippen MR) is 66.0 cm³/mol. The third kappa shape index (κ3) is 3.08. The molecule has 8 heteroatoms. The van der Waals surface area contributed by atoms with Crippen molar-refractivity contribution in [1.82, 2.24) is 9.97 Å². The van der Waals surface area contributed by atoms with Gasteiger partial charge in [-0.1, -0.05) is 16.8 Å². The van der Waals surface area contributed by atoms with Gasteiger partial charge in [-0.05, 0) is 18.2 Å². The van der Waals surface area contributed by atoms with Gasteiger partial charge >= 0.3 is 6.01 Å². The SMILES string of the molecule is N/C(=N/O)c1ccnc(Oc2ccc(Cl)c(F)c2)n1. The van der Waals surface area contributed by atoms with E-state index < -0.39 is 5.82 Å². The molecular formula is C11H8ClFN4O2. The van der Waals surface area contributed by atoms with Crippen LogP contribution in [0.3, 0.4) is 0 Å². The van der Waals surface area contributed by atoms with E-state index in [1.54, 1.807) is 0 Å². The first-order valence-electron chi connectivity index (χ1n) is 5.04. The van der Waals surface area contributed by atoms with Gasteiger partial charge in [-0.2, -0.15) is 4.98 Å². The van der Waals surface area contributed by atoms with Gasteiger partial charge in [0.15, 0.2) is 5.84 Å². The molecule has 0 amide bonds. The van der Waals surface area contributed by atoms with E-state index in [1.165, 1.54) is 24.4 Å². The van der Waals surface area contributed by atoms with Gasteiger partial charge in [0.2, 0.25) is 0 Å². The number of halogens is 2.